The summed E-state index contributed by atoms with van der Waals surface area (Å²) in [5, 5.41) is 4.94. The molecule has 1 fully saturated rings. The van der Waals surface area contributed by atoms with Crippen LogP contribution in [0.1, 0.15) is 21.7 Å². The molecule has 1 atom stereocenters. The van der Waals surface area contributed by atoms with Crippen LogP contribution in [0.3, 0.4) is 0 Å². The average molecular weight is 263 g/mol. The summed E-state index contributed by atoms with van der Waals surface area (Å²) in [5.74, 6) is 5.69. The van der Waals surface area contributed by atoms with Crippen LogP contribution in [-0.4, -0.2) is 43.5 Å². The first kappa shape index (κ1) is 13.1. The first-order chi connectivity index (χ1) is 8.70. The number of amides is 1. The van der Waals surface area contributed by atoms with Gasteiger partial charge < -0.3 is 16.0 Å². The number of nitrogens with two attached hydrogens (primary N) is 1. The number of hydrogen-bond donors (Lipinski definition) is 2. The standard InChI is InChI=1S/C13H17N3OS/c1-16-7-4-11(9-16)15-13(17)12-10(3-2-6-14)5-8-18-12/h5,8,11H,4,6-7,9,14H2,1H3,(H,15,17). The van der Waals surface area contributed by atoms with E-state index in [2.05, 4.69) is 29.1 Å². The molecule has 1 aromatic rings. The molecule has 0 aliphatic carbocycles. The molecule has 1 aliphatic heterocycles. The zero-order valence-corrected chi connectivity index (χ0v) is 11.2. The lowest BCUT2D eigenvalue weighted by Gasteiger charge is -2.12. The van der Waals surface area contributed by atoms with Crippen LogP contribution in [0.4, 0.5) is 0 Å². The van der Waals surface area contributed by atoms with Crippen molar-refractivity contribution in [2.24, 2.45) is 5.73 Å². The van der Waals surface area contributed by atoms with Gasteiger partial charge in [0.2, 0.25) is 0 Å². The van der Waals surface area contributed by atoms with Gasteiger partial charge in [0, 0.05) is 18.2 Å². The number of hydrogen-bond acceptors (Lipinski definition) is 4. The van der Waals surface area contributed by atoms with Gasteiger partial charge >= 0.3 is 0 Å². The third-order valence-corrected chi connectivity index (χ3v) is 3.84. The van der Waals surface area contributed by atoms with E-state index < -0.39 is 0 Å². The molecule has 0 saturated carbocycles. The molecule has 2 heterocycles. The Hall–Kier alpha value is -1.35. The van der Waals surface area contributed by atoms with Crippen LogP contribution in [0.25, 0.3) is 0 Å². The molecular weight excluding hydrogens is 246 g/mol. The smallest absolute Gasteiger partial charge is 0.262 e. The number of likely N-dealkylation sites (N-methyl/N-ethyl adjacent to an activating group) is 1. The molecule has 1 aliphatic rings. The molecule has 5 heteroatoms. The zero-order chi connectivity index (χ0) is 13.0. The van der Waals surface area contributed by atoms with Gasteiger partial charge in [0.15, 0.2) is 0 Å². The number of nitrogens with zero attached hydrogens (tertiary/aromatic N) is 1. The van der Waals surface area contributed by atoms with Crippen molar-refractivity contribution >= 4 is 17.2 Å². The summed E-state index contributed by atoms with van der Waals surface area (Å²) < 4.78 is 0. The van der Waals surface area contributed by atoms with Crippen LogP contribution in [0, 0.1) is 11.8 Å². The predicted octanol–water partition coefficient (Wildman–Crippen LogP) is 0.492. The molecule has 2 rings (SSSR count). The van der Waals surface area contributed by atoms with Crippen molar-refractivity contribution in [1.29, 1.82) is 0 Å². The topological polar surface area (TPSA) is 58.4 Å². The minimum absolute atomic E-state index is 0.0216. The zero-order valence-electron chi connectivity index (χ0n) is 10.4. The summed E-state index contributed by atoms with van der Waals surface area (Å²) in [6.45, 7) is 2.26. The Balaban J connectivity index is 2.03. The fourth-order valence-corrected chi connectivity index (χ4v) is 2.79. The van der Waals surface area contributed by atoms with E-state index in [-0.39, 0.29) is 11.9 Å². The third kappa shape index (κ3) is 3.10. The van der Waals surface area contributed by atoms with Crippen molar-refractivity contribution in [3.63, 3.8) is 0 Å². The van der Waals surface area contributed by atoms with Crippen molar-refractivity contribution in [3.05, 3.63) is 21.9 Å². The number of carbonyl (C=O) groups excluding carboxylic acids is 1. The molecule has 0 radical (unpaired) electrons. The second-order valence-corrected chi connectivity index (χ2v) is 5.31. The first-order valence-corrected chi connectivity index (χ1v) is 6.84. The second kappa shape index (κ2) is 6.01. The lowest BCUT2D eigenvalue weighted by atomic mass is 10.2. The van der Waals surface area contributed by atoms with Crippen LogP contribution in [0.15, 0.2) is 11.4 Å². The Labute approximate surface area is 111 Å². The van der Waals surface area contributed by atoms with Gasteiger partial charge in [-0.25, -0.2) is 0 Å². The fourth-order valence-electron chi connectivity index (χ4n) is 2.03. The predicted molar refractivity (Wildman–Crippen MR) is 73.6 cm³/mol. The molecule has 1 unspecified atom stereocenters. The highest BCUT2D eigenvalue weighted by atomic mass is 32.1. The number of rotatable bonds is 2. The van der Waals surface area contributed by atoms with Crippen LogP contribution >= 0.6 is 11.3 Å². The van der Waals surface area contributed by atoms with Crippen LogP contribution in [0.5, 0.6) is 0 Å². The molecular formula is C13H17N3OS. The van der Waals surface area contributed by atoms with Crippen molar-refractivity contribution in [1.82, 2.24) is 10.2 Å². The van der Waals surface area contributed by atoms with E-state index in [0.29, 0.717) is 11.4 Å². The molecule has 3 N–H and O–H groups in total. The van der Waals surface area contributed by atoms with Crippen LogP contribution in [-0.2, 0) is 0 Å². The monoisotopic (exact) mass is 263 g/mol. The summed E-state index contributed by atoms with van der Waals surface area (Å²) >= 11 is 1.42. The molecule has 0 spiro atoms. The molecule has 96 valence electrons. The van der Waals surface area contributed by atoms with Gasteiger partial charge in [0.05, 0.1) is 6.54 Å². The van der Waals surface area contributed by atoms with E-state index in [1.807, 2.05) is 11.4 Å². The quantitative estimate of drug-likeness (QED) is 0.764. The van der Waals surface area contributed by atoms with Crippen molar-refractivity contribution in [2.45, 2.75) is 12.5 Å². The van der Waals surface area contributed by atoms with Gasteiger partial charge in [-0.05, 0) is 31.5 Å². The third-order valence-electron chi connectivity index (χ3n) is 2.92. The van der Waals surface area contributed by atoms with Crippen LogP contribution in [0.2, 0.25) is 0 Å². The number of likely N-dealkylation sites (tertiary alicyclic amines) is 1. The van der Waals surface area contributed by atoms with E-state index >= 15 is 0 Å². The minimum atomic E-state index is -0.0216. The lowest BCUT2D eigenvalue weighted by Crippen LogP contribution is -2.36. The number of nitrogens with one attached hydrogen (secondary N) is 1. The van der Waals surface area contributed by atoms with Gasteiger partial charge in [-0.1, -0.05) is 11.8 Å². The van der Waals surface area contributed by atoms with Crippen LogP contribution < -0.4 is 11.1 Å². The average Bonchev–Trinajstić information content (AvgIpc) is 2.95. The van der Waals surface area contributed by atoms with E-state index in [1.165, 1.54) is 11.3 Å². The maximum atomic E-state index is 12.1. The minimum Gasteiger partial charge on any atom is -0.347 e. The van der Waals surface area contributed by atoms with Gasteiger partial charge in [-0.2, -0.15) is 0 Å². The van der Waals surface area contributed by atoms with Gasteiger partial charge in [-0.3, -0.25) is 4.79 Å². The Morgan fingerprint density at radius 3 is 3.22 bits per heavy atom. The fraction of sp³-hybridized carbons (Fsp3) is 0.462. The second-order valence-electron chi connectivity index (χ2n) is 4.39. The van der Waals surface area contributed by atoms with E-state index in [9.17, 15) is 4.79 Å². The highest BCUT2D eigenvalue weighted by Gasteiger charge is 2.22. The highest BCUT2D eigenvalue weighted by Crippen LogP contribution is 2.16. The Morgan fingerprint density at radius 2 is 2.56 bits per heavy atom. The maximum absolute atomic E-state index is 12.1. The normalized spacial score (nSPS) is 19.3. The maximum Gasteiger partial charge on any atom is 0.262 e. The summed E-state index contributed by atoms with van der Waals surface area (Å²) in [6, 6.07) is 2.11. The molecule has 18 heavy (non-hydrogen) atoms. The van der Waals surface area contributed by atoms with E-state index in [4.69, 9.17) is 5.73 Å². The van der Waals surface area contributed by atoms with Crippen molar-refractivity contribution < 1.29 is 4.79 Å². The Bertz CT molecular complexity index is 486. The number of thiophene rings is 1. The molecule has 1 saturated heterocycles. The van der Waals surface area contributed by atoms with Gasteiger partial charge in [-0.15, -0.1) is 11.3 Å². The van der Waals surface area contributed by atoms with Gasteiger partial charge in [0.1, 0.15) is 4.88 Å². The van der Waals surface area contributed by atoms with E-state index in [1.54, 1.807) is 0 Å². The summed E-state index contributed by atoms with van der Waals surface area (Å²) in [7, 11) is 2.06. The molecule has 0 bridgehead atoms. The Morgan fingerprint density at radius 1 is 1.72 bits per heavy atom. The lowest BCUT2D eigenvalue weighted by molar-refractivity contribution is 0.0942. The SMILES string of the molecule is CN1CCC(NC(=O)c2sccc2C#CCN)C1. The summed E-state index contributed by atoms with van der Waals surface area (Å²) in [6.07, 6.45) is 1.01. The molecule has 0 aromatic carbocycles. The van der Waals surface area contributed by atoms with Crippen molar-refractivity contribution in [3.8, 4) is 11.8 Å². The molecule has 1 amide bonds. The molecule has 4 nitrogen and oxygen atoms in total. The van der Waals surface area contributed by atoms with Gasteiger partial charge in [0.25, 0.3) is 5.91 Å². The molecule has 1 aromatic heterocycles. The first-order valence-electron chi connectivity index (χ1n) is 5.96. The summed E-state index contributed by atoms with van der Waals surface area (Å²) in [4.78, 5) is 15.0. The summed E-state index contributed by atoms with van der Waals surface area (Å²) in [5.41, 5.74) is 6.11. The highest BCUT2D eigenvalue weighted by molar-refractivity contribution is 7.12. The largest absolute Gasteiger partial charge is 0.347 e. The number of carbonyl (C=O) groups is 1. The van der Waals surface area contributed by atoms with Crippen molar-refractivity contribution in [2.75, 3.05) is 26.7 Å². The van der Waals surface area contributed by atoms with E-state index in [0.717, 1.165) is 25.1 Å². The Kier molecular flexibility index (Phi) is 4.37.